The number of hydrogen-bond donors (Lipinski definition) is 1. The molecule has 2 atom stereocenters. The maximum Gasteiger partial charge on any atom is 0.516 e. The number of quaternary nitrogens is 1. The van der Waals surface area contributed by atoms with Gasteiger partial charge in [-0.25, -0.2) is 4.48 Å². The number of hydrogen-bond acceptors (Lipinski definition) is 3. The quantitative estimate of drug-likeness (QED) is 0.821. The molecule has 1 aromatic rings. The van der Waals surface area contributed by atoms with Crippen molar-refractivity contribution in [3.8, 4) is 0 Å². The van der Waals surface area contributed by atoms with E-state index in [4.69, 9.17) is 33.7 Å². The first-order valence-electron chi connectivity index (χ1n) is 7.89. The molecule has 1 heterocycles. The van der Waals surface area contributed by atoms with Crippen molar-refractivity contribution < 1.29 is 14.0 Å². The number of halogens is 2. The van der Waals surface area contributed by atoms with Crippen LogP contribution in [0.4, 0.5) is 4.79 Å². The highest BCUT2D eigenvalue weighted by Crippen LogP contribution is 2.32. The second-order valence-corrected chi connectivity index (χ2v) is 8.14. The lowest BCUT2D eigenvalue weighted by atomic mass is 10.1. The van der Waals surface area contributed by atoms with Crippen molar-refractivity contribution in [3.63, 3.8) is 0 Å². The highest BCUT2D eigenvalue weighted by atomic mass is 35.5. The minimum Gasteiger partial charge on any atom is -0.414 e. The first kappa shape index (κ1) is 18.5. The van der Waals surface area contributed by atoms with Gasteiger partial charge in [-0.2, -0.15) is 4.79 Å². The Balaban J connectivity index is 2.27. The van der Waals surface area contributed by atoms with Gasteiger partial charge in [-0.05, 0) is 32.9 Å². The number of likely N-dealkylation sites (tertiary alicyclic amines) is 1. The van der Waals surface area contributed by atoms with E-state index in [9.17, 15) is 4.79 Å². The van der Waals surface area contributed by atoms with E-state index in [2.05, 4.69) is 0 Å². The normalized spacial score (nSPS) is 24.7. The Morgan fingerprint density at radius 2 is 2.04 bits per heavy atom. The van der Waals surface area contributed by atoms with Crippen molar-refractivity contribution in [3.05, 3.63) is 33.8 Å². The molecule has 0 spiro atoms. The standard InChI is InChI=1S/C17H25Cl2N2O2/c1-17(2,3)23-16(22)21(7-6-13(9-20)11-21)10-12-4-5-14(18)15(19)8-12/h4-5,8,13H,6-7,9-11,20H2,1-3H3/q+1/t13-,21?/m1/s1. The number of nitrogens with two attached hydrogens (primary N) is 1. The van der Waals surface area contributed by atoms with Crippen LogP contribution in [0.5, 0.6) is 0 Å². The molecule has 1 unspecified atom stereocenters. The van der Waals surface area contributed by atoms with E-state index in [1.54, 1.807) is 6.07 Å². The number of carbonyl (C=O) groups is 1. The molecule has 0 aliphatic carbocycles. The summed E-state index contributed by atoms with van der Waals surface area (Å²) in [6, 6.07) is 5.50. The second kappa shape index (κ2) is 6.98. The zero-order chi connectivity index (χ0) is 17.3. The van der Waals surface area contributed by atoms with E-state index >= 15 is 0 Å². The van der Waals surface area contributed by atoms with Crippen LogP contribution in [0.3, 0.4) is 0 Å². The first-order chi connectivity index (χ1) is 10.6. The van der Waals surface area contributed by atoms with Crippen molar-refractivity contribution in [1.29, 1.82) is 0 Å². The van der Waals surface area contributed by atoms with Gasteiger partial charge in [-0.3, -0.25) is 0 Å². The zero-order valence-corrected chi connectivity index (χ0v) is 15.5. The Kier molecular flexibility index (Phi) is 5.62. The van der Waals surface area contributed by atoms with Crippen molar-refractivity contribution in [2.45, 2.75) is 39.3 Å². The molecule has 128 valence electrons. The highest BCUT2D eigenvalue weighted by Gasteiger charge is 2.47. The average molecular weight is 360 g/mol. The van der Waals surface area contributed by atoms with Gasteiger partial charge in [0, 0.05) is 24.4 Å². The third-order valence-corrected chi connectivity index (χ3v) is 4.90. The number of benzene rings is 1. The van der Waals surface area contributed by atoms with Crippen molar-refractivity contribution in [2.75, 3.05) is 19.6 Å². The molecule has 1 aromatic carbocycles. The number of rotatable bonds is 3. The summed E-state index contributed by atoms with van der Waals surface area (Å²) in [4.78, 5) is 12.9. The minimum absolute atomic E-state index is 0.195. The van der Waals surface area contributed by atoms with Gasteiger partial charge >= 0.3 is 6.09 Å². The van der Waals surface area contributed by atoms with E-state index in [0.29, 0.717) is 35.6 Å². The molecule has 0 aromatic heterocycles. The summed E-state index contributed by atoms with van der Waals surface area (Å²) in [5, 5.41) is 1.02. The summed E-state index contributed by atoms with van der Waals surface area (Å²) in [6.45, 7) is 8.22. The molecule has 0 radical (unpaired) electrons. The lowest BCUT2D eigenvalue weighted by Gasteiger charge is -2.33. The highest BCUT2D eigenvalue weighted by molar-refractivity contribution is 6.42. The third-order valence-electron chi connectivity index (χ3n) is 4.16. The molecule has 1 fully saturated rings. The van der Waals surface area contributed by atoms with Gasteiger partial charge in [0.15, 0.2) is 0 Å². The Morgan fingerprint density at radius 1 is 1.35 bits per heavy atom. The van der Waals surface area contributed by atoms with Crippen LogP contribution >= 0.6 is 23.2 Å². The van der Waals surface area contributed by atoms with Gasteiger partial charge < -0.3 is 10.5 Å². The molecule has 1 aliphatic heterocycles. The summed E-state index contributed by atoms with van der Waals surface area (Å²) in [5.74, 6) is 0.338. The van der Waals surface area contributed by atoms with Crippen LogP contribution in [0.15, 0.2) is 18.2 Å². The van der Waals surface area contributed by atoms with Gasteiger partial charge in [0.1, 0.15) is 12.1 Å². The van der Waals surface area contributed by atoms with Crippen molar-refractivity contribution in [1.82, 2.24) is 0 Å². The van der Waals surface area contributed by atoms with Gasteiger partial charge in [0.2, 0.25) is 0 Å². The number of nitrogens with zero attached hydrogens (tertiary/aromatic N) is 1. The molecule has 2 rings (SSSR count). The fourth-order valence-electron chi connectivity index (χ4n) is 3.02. The SMILES string of the molecule is CC(C)(C)OC(=O)[N+]1(Cc2ccc(Cl)c(Cl)c2)CC[C@H](CN)C1. The molecule has 0 bridgehead atoms. The Labute approximate surface area is 148 Å². The molecular formula is C17H25Cl2N2O2+. The fraction of sp³-hybridized carbons (Fsp3) is 0.588. The smallest absolute Gasteiger partial charge is 0.414 e. The zero-order valence-electron chi connectivity index (χ0n) is 13.9. The second-order valence-electron chi connectivity index (χ2n) is 7.33. The van der Waals surface area contributed by atoms with E-state index < -0.39 is 5.60 Å². The molecular weight excluding hydrogens is 335 g/mol. The van der Waals surface area contributed by atoms with Crippen molar-refractivity contribution in [2.24, 2.45) is 11.7 Å². The summed E-state index contributed by atoms with van der Waals surface area (Å²) in [7, 11) is 0. The van der Waals surface area contributed by atoms with Gasteiger partial charge in [0.05, 0.1) is 23.1 Å². The Morgan fingerprint density at radius 3 is 2.57 bits per heavy atom. The van der Waals surface area contributed by atoms with Crippen LogP contribution in [-0.2, 0) is 11.3 Å². The molecule has 1 saturated heterocycles. The van der Waals surface area contributed by atoms with Crippen LogP contribution < -0.4 is 5.73 Å². The van der Waals surface area contributed by atoms with E-state index in [1.807, 2.05) is 32.9 Å². The predicted molar refractivity (Wildman–Crippen MR) is 93.6 cm³/mol. The van der Waals surface area contributed by atoms with Crippen LogP contribution in [0.25, 0.3) is 0 Å². The largest absolute Gasteiger partial charge is 0.516 e. The molecule has 1 aliphatic rings. The molecule has 1 amide bonds. The number of amides is 1. The van der Waals surface area contributed by atoms with Crippen LogP contribution in [0.2, 0.25) is 10.0 Å². The Hall–Kier alpha value is -0.810. The first-order valence-corrected chi connectivity index (χ1v) is 8.64. The maximum atomic E-state index is 12.9. The van der Waals surface area contributed by atoms with E-state index in [0.717, 1.165) is 18.5 Å². The fourth-order valence-corrected chi connectivity index (χ4v) is 3.34. The van der Waals surface area contributed by atoms with Crippen LogP contribution in [0.1, 0.15) is 32.8 Å². The lowest BCUT2D eigenvalue weighted by molar-refractivity contribution is -0.861. The van der Waals surface area contributed by atoms with Gasteiger partial charge in [0.25, 0.3) is 0 Å². The topological polar surface area (TPSA) is 52.3 Å². The predicted octanol–water partition coefficient (Wildman–Crippen LogP) is 4.22. The summed E-state index contributed by atoms with van der Waals surface area (Å²) < 4.78 is 5.94. The van der Waals surface area contributed by atoms with Gasteiger partial charge in [-0.15, -0.1) is 0 Å². The Bertz CT molecular complexity index is 586. The van der Waals surface area contributed by atoms with Crippen LogP contribution in [-0.4, -0.2) is 35.8 Å². The average Bonchev–Trinajstić information content (AvgIpc) is 2.86. The third kappa shape index (κ3) is 4.60. The summed E-state index contributed by atoms with van der Waals surface area (Å²) >= 11 is 12.1. The van der Waals surface area contributed by atoms with E-state index in [1.165, 1.54) is 0 Å². The summed E-state index contributed by atoms with van der Waals surface area (Å²) in [5.41, 5.74) is 6.28. The number of ether oxygens (including phenoxy) is 1. The molecule has 6 heteroatoms. The molecule has 0 saturated carbocycles. The maximum absolute atomic E-state index is 12.9. The molecule has 23 heavy (non-hydrogen) atoms. The molecule has 4 nitrogen and oxygen atoms in total. The van der Waals surface area contributed by atoms with Crippen molar-refractivity contribution >= 4 is 29.3 Å². The van der Waals surface area contributed by atoms with E-state index in [-0.39, 0.29) is 10.6 Å². The summed E-state index contributed by atoms with van der Waals surface area (Å²) in [6.07, 6.45) is 0.733. The van der Waals surface area contributed by atoms with Gasteiger partial charge in [-0.1, -0.05) is 29.3 Å². The lowest BCUT2D eigenvalue weighted by Crippen LogP contribution is -2.52. The minimum atomic E-state index is -0.513. The van der Waals surface area contributed by atoms with Crippen LogP contribution in [0, 0.1) is 5.92 Å². The molecule has 2 N–H and O–H groups in total. The number of carbonyl (C=O) groups excluding carboxylic acids is 1. The monoisotopic (exact) mass is 359 g/mol.